The number of carbonyl (C=O) groups is 1. The molecule has 1 fully saturated rings. The van der Waals surface area contributed by atoms with E-state index in [9.17, 15) is 9.90 Å². The standard InChI is InChI=1S/C13H16Cl2N2O2.ClH/c14-10-6-9(7-11(15)13(10)19)17-12(18)4-3-8-2-1-5-16-8;/h6-8,16,19H,1-5H2,(H,17,18);1H. The van der Waals surface area contributed by atoms with Crippen LogP contribution >= 0.6 is 35.6 Å². The van der Waals surface area contributed by atoms with E-state index in [1.54, 1.807) is 0 Å². The van der Waals surface area contributed by atoms with Gasteiger partial charge in [0.15, 0.2) is 5.75 Å². The number of phenols is 1. The van der Waals surface area contributed by atoms with E-state index >= 15 is 0 Å². The van der Waals surface area contributed by atoms with Crippen LogP contribution in [0.3, 0.4) is 0 Å². The molecular formula is C13H17Cl3N2O2. The predicted molar refractivity (Wildman–Crippen MR) is 84.3 cm³/mol. The molecule has 2 rings (SSSR count). The lowest BCUT2D eigenvalue weighted by atomic mass is 10.1. The molecule has 1 aromatic carbocycles. The van der Waals surface area contributed by atoms with Crippen molar-refractivity contribution in [3.63, 3.8) is 0 Å². The first-order valence-corrected chi connectivity index (χ1v) is 7.03. The molecule has 0 aliphatic carbocycles. The van der Waals surface area contributed by atoms with Crippen molar-refractivity contribution >= 4 is 47.2 Å². The van der Waals surface area contributed by atoms with Crippen LogP contribution in [-0.4, -0.2) is 23.6 Å². The number of anilines is 1. The summed E-state index contributed by atoms with van der Waals surface area (Å²) in [6, 6.07) is 3.40. The number of phenolic OH excluding ortho intramolecular Hbond substituents is 1. The Morgan fingerprint density at radius 2 is 2.05 bits per heavy atom. The Balaban J connectivity index is 0.00000200. The molecule has 3 N–H and O–H groups in total. The van der Waals surface area contributed by atoms with Crippen molar-refractivity contribution in [2.75, 3.05) is 11.9 Å². The fourth-order valence-electron chi connectivity index (χ4n) is 2.17. The van der Waals surface area contributed by atoms with Gasteiger partial charge in [-0.1, -0.05) is 23.2 Å². The van der Waals surface area contributed by atoms with Gasteiger partial charge in [-0.25, -0.2) is 0 Å². The Morgan fingerprint density at radius 1 is 1.40 bits per heavy atom. The lowest BCUT2D eigenvalue weighted by Gasteiger charge is -2.11. The lowest BCUT2D eigenvalue weighted by Crippen LogP contribution is -2.23. The molecular weight excluding hydrogens is 323 g/mol. The zero-order chi connectivity index (χ0) is 13.8. The number of halogens is 3. The third kappa shape index (κ3) is 4.70. The van der Waals surface area contributed by atoms with E-state index in [2.05, 4.69) is 10.6 Å². The van der Waals surface area contributed by atoms with Crippen LogP contribution in [0, 0.1) is 0 Å². The van der Waals surface area contributed by atoms with Gasteiger partial charge in [0.25, 0.3) is 0 Å². The van der Waals surface area contributed by atoms with Crippen molar-refractivity contribution in [3.8, 4) is 5.75 Å². The van der Waals surface area contributed by atoms with Crippen LogP contribution in [0.2, 0.25) is 10.0 Å². The summed E-state index contributed by atoms with van der Waals surface area (Å²) in [5, 5.41) is 15.8. The van der Waals surface area contributed by atoms with Crippen LogP contribution in [0.5, 0.6) is 5.75 Å². The van der Waals surface area contributed by atoms with Crippen molar-refractivity contribution in [3.05, 3.63) is 22.2 Å². The molecule has 1 saturated heterocycles. The average molecular weight is 340 g/mol. The Hall–Kier alpha value is -0.680. The molecule has 0 bridgehead atoms. The Bertz CT molecular complexity index is 454. The highest BCUT2D eigenvalue weighted by atomic mass is 35.5. The molecule has 0 saturated carbocycles. The minimum Gasteiger partial charge on any atom is -0.505 e. The van der Waals surface area contributed by atoms with Gasteiger partial charge in [-0.2, -0.15) is 0 Å². The summed E-state index contributed by atoms with van der Waals surface area (Å²) in [5.41, 5.74) is 0.497. The Morgan fingerprint density at radius 3 is 2.60 bits per heavy atom. The van der Waals surface area contributed by atoms with E-state index in [0.29, 0.717) is 18.2 Å². The number of hydrogen-bond acceptors (Lipinski definition) is 3. The third-order valence-electron chi connectivity index (χ3n) is 3.18. The molecule has 1 amide bonds. The summed E-state index contributed by atoms with van der Waals surface area (Å²) in [6.45, 7) is 1.04. The van der Waals surface area contributed by atoms with Gasteiger partial charge in [-0.05, 0) is 37.9 Å². The van der Waals surface area contributed by atoms with Crippen LogP contribution < -0.4 is 10.6 Å². The van der Waals surface area contributed by atoms with Gasteiger partial charge in [0.05, 0.1) is 10.0 Å². The molecule has 0 spiro atoms. The molecule has 112 valence electrons. The number of benzene rings is 1. The van der Waals surface area contributed by atoms with Gasteiger partial charge in [0.2, 0.25) is 5.91 Å². The summed E-state index contributed by atoms with van der Waals surface area (Å²) < 4.78 is 0. The average Bonchev–Trinajstić information content (AvgIpc) is 2.86. The number of aromatic hydroxyl groups is 1. The smallest absolute Gasteiger partial charge is 0.224 e. The van der Waals surface area contributed by atoms with Crippen molar-refractivity contribution < 1.29 is 9.90 Å². The molecule has 7 heteroatoms. The largest absolute Gasteiger partial charge is 0.505 e. The predicted octanol–water partition coefficient (Wildman–Crippen LogP) is 3.59. The highest BCUT2D eigenvalue weighted by molar-refractivity contribution is 6.37. The maximum atomic E-state index is 11.8. The number of hydrogen-bond donors (Lipinski definition) is 3. The van der Waals surface area contributed by atoms with Crippen LogP contribution in [0.15, 0.2) is 12.1 Å². The number of amides is 1. The molecule has 4 nitrogen and oxygen atoms in total. The molecule has 1 atom stereocenters. The van der Waals surface area contributed by atoms with Gasteiger partial charge >= 0.3 is 0 Å². The molecule has 1 aliphatic rings. The van der Waals surface area contributed by atoms with Crippen molar-refractivity contribution in [1.29, 1.82) is 0 Å². The highest BCUT2D eigenvalue weighted by Gasteiger charge is 2.15. The summed E-state index contributed by atoms with van der Waals surface area (Å²) in [7, 11) is 0. The first kappa shape index (κ1) is 17.4. The first-order chi connectivity index (χ1) is 9.06. The molecule has 0 aromatic heterocycles. The van der Waals surface area contributed by atoms with Crippen LogP contribution in [0.25, 0.3) is 0 Å². The van der Waals surface area contributed by atoms with Crippen molar-refractivity contribution in [2.45, 2.75) is 31.7 Å². The van der Waals surface area contributed by atoms with Gasteiger partial charge in [0.1, 0.15) is 0 Å². The fraction of sp³-hybridized carbons (Fsp3) is 0.462. The van der Waals surface area contributed by atoms with Crippen LogP contribution in [-0.2, 0) is 4.79 Å². The molecule has 0 radical (unpaired) electrons. The summed E-state index contributed by atoms with van der Waals surface area (Å²) in [6.07, 6.45) is 3.58. The monoisotopic (exact) mass is 338 g/mol. The summed E-state index contributed by atoms with van der Waals surface area (Å²) >= 11 is 11.6. The van der Waals surface area contributed by atoms with Crippen molar-refractivity contribution in [2.24, 2.45) is 0 Å². The van der Waals surface area contributed by atoms with Gasteiger partial charge in [0, 0.05) is 18.2 Å². The minimum absolute atomic E-state index is 0. The van der Waals surface area contributed by atoms with Gasteiger partial charge in [-0.3, -0.25) is 4.79 Å². The highest BCUT2D eigenvalue weighted by Crippen LogP contribution is 2.34. The van der Waals surface area contributed by atoms with E-state index < -0.39 is 0 Å². The van der Waals surface area contributed by atoms with E-state index in [1.165, 1.54) is 18.6 Å². The van der Waals surface area contributed by atoms with Gasteiger partial charge in [-0.15, -0.1) is 12.4 Å². The van der Waals surface area contributed by atoms with E-state index in [0.717, 1.165) is 19.4 Å². The second-order valence-corrected chi connectivity index (χ2v) is 5.48. The second-order valence-electron chi connectivity index (χ2n) is 4.67. The maximum Gasteiger partial charge on any atom is 0.224 e. The zero-order valence-electron chi connectivity index (χ0n) is 10.8. The lowest BCUT2D eigenvalue weighted by molar-refractivity contribution is -0.116. The van der Waals surface area contributed by atoms with Crippen LogP contribution in [0.1, 0.15) is 25.7 Å². The summed E-state index contributed by atoms with van der Waals surface area (Å²) in [5.74, 6) is -0.247. The summed E-state index contributed by atoms with van der Waals surface area (Å²) in [4.78, 5) is 11.8. The van der Waals surface area contributed by atoms with E-state index in [1.807, 2.05) is 0 Å². The second kappa shape index (κ2) is 7.93. The maximum absolute atomic E-state index is 11.8. The zero-order valence-corrected chi connectivity index (χ0v) is 13.1. The quantitative estimate of drug-likeness (QED) is 0.735. The minimum atomic E-state index is -0.170. The van der Waals surface area contributed by atoms with E-state index in [4.69, 9.17) is 23.2 Å². The SMILES string of the molecule is Cl.O=C(CCC1CCCN1)Nc1cc(Cl)c(O)c(Cl)c1. The molecule has 1 aliphatic heterocycles. The molecule has 1 unspecified atom stereocenters. The fourth-order valence-corrected chi connectivity index (χ4v) is 2.66. The number of carbonyl (C=O) groups excluding carboxylic acids is 1. The van der Waals surface area contributed by atoms with Crippen LogP contribution in [0.4, 0.5) is 5.69 Å². The number of rotatable bonds is 4. The Labute approximate surface area is 134 Å². The normalized spacial score (nSPS) is 17.6. The molecule has 20 heavy (non-hydrogen) atoms. The number of nitrogens with one attached hydrogen (secondary N) is 2. The first-order valence-electron chi connectivity index (χ1n) is 6.27. The van der Waals surface area contributed by atoms with E-state index in [-0.39, 0.29) is 34.1 Å². The topological polar surface area (TPSA) is 61.4 Å². The third-order valence-corrected chi connectivity index (χ3v) is 3.76. The molecule has 1 heterocycles. The van der Waals surface area contributed by atoms with Crippen molar-refractivity contribution in [1.82, 2.24) is 5.32 Å². The van der Waals surface area contributed by atoms with Gasteiger partial charge < -0.3 is 15.7 Å². The Kier molecular flexibility index (Phi) is 6.89. The molecule has 1 aromatic rings.